The van der Waals surface area contributed by atoms with Crippen molar-refractivity contribution >= 4 is 64.4 Å². The number of rotatable bonds is 20. The Morgan fingerprint density at radius 1 is 0.406 bits per heavy atom. The monoisotopic (exact) mass is 1960 g/mol. The number of ketones is 4. The van der Waals surface area contributed by atoms with E-state index in [2.05, 4.69) is 15.2 Å². The van der Waals surface area contributed by atoms with E-state index in [1.807, 2.05) is 188 Å². The predicted molar refractivity (Wildman–Crippen MR) is 525 cm³/mol. The third kappa shape index (κ3) is 16.8. The van der Waals surface area contributed by atoms with Gasteiger partial charge in [-0.3, -0.25) is 43.2 Å². The molecule has 0 radical (unpaired) electrons. The lowest BCUT2D eigenvalue weighted by Crippen LogP contribution is -2.59. The molecule has 2 fully saturated rings. The summed E-state index contributed by atoms with van der Waals surface area (Å²) in [5.74, 6) is -8.93. The van der Waals surface area contributed by atoms with Gasteiger partial charge in [-0.25, -0.2) is 39.5 Å². The molecule has 0 spiro atoms. The lowest BCUT2D eigenvalue weighted by Gasteiger charge is -2.51. The number of likely N-dealkylation sites (tertiary alicyclic amines) is 2. The standard InChI is InChI=1S/2C40H30F3NO3.C22H20FN3O3.C16H10Cl2F2/c2*41-29-11-6-9-24(19-29)13-14-27-22-44(34-17-18-35(45)39(36(34)38(27)46)47-23-25-7-2-1-3-8-25)40-28(20-26-10-4-5-12-31(26)40)21-30-32(40)15-16-33(42)37(30)43;23-18-8-4-7-16(13-18)9-11-25-15-24-26-12-10-19(27)21(20(26)22(25)28)29-14-17-5-2-1-3-6-17;17-15-7-9-3-1-2-4-11(9)16(15,18)12-5-6-13(19)14(20)10(12)8-15/h1-12,15-19,21,27,34H,13-14,20,22-23H2;1-12,15-20,27,34H,13-14,21-23H2;1-8,10,12-13,24H,9,11,14-15H2;1-6H,7-8H2. The number of benzene rings is 12. The van der Waals surface area contributed by atoms with Crippen LogP contribution in [-0.4, -0.2) is 91.7 Å². The minimum atomic E-state index is -1.01. The summed E-state index contributed by atoms with van der Waals surface area (Å²) in [4.78, 5) is 85.6. The van der Waals surface area contributed by atoms with Crippen LogP contribution in [0.3, 0.4) is 0 Å². The highest BCUT2D eigenvalue weighted by atomic mass is 35.5. The molecule has 8 aliphatic carbocycles. The normalized spacial score (nSPS) is 21.9. The third-order valence-electron chi connectivity index (χ3n) is 29.3. The quantitative estimate of drug-likeness (QED) is 0.0570. The van der Waals surface area contributed by atoms with Gasteiger partial charge in [0.2, 0.25) is 17.0 Å². The van der Waals surface area contributed by atoms with Crippen LogP contribution in [0.25, 0.3) is 12.2 Å². The average molecular weight is 1960 g/mol. The molecule has 3 aliphatic heterocycles. The Hall–Kier alpha value is -14.8. The van der Waals surface area contributed by atoms with Crippen molar-refractivity contribution in [3.63, 3.8) is 0 Å². The van der Waals surface area contributed by atoms with Crippen molar-refractivity contribution in [2.45, 2.75) is 111 Å². The van der Waals surface area contributed by atoms with Gasteiger partial charge in [-0.1, -0.05) is 237 Å². The molecule has 11 aliphatic rings. The van der Waals surface area contributed by atoms with Crippen LogP contribution in [0.4, 0.5) is 39.5 Å². The molecule has 2 saturated heterocycles. The van der Waals surface area contributed by atoms with Crippen LogP contribution in [0.15, 0.2) is 348 Å². The number of hydrogen-bond donors (Lipinski definition) is 1. The summed E-state index contributed by atoms with van der Waals surface area (Å²) in [6.45, 7) is 1.59. The summed E-state index contributed by atoms with van der Waals surface area (Å²) in [5, 5.41) is 0. The van der Waals surface area contributed by atoms with Crippen molar-refractivity contribution in [2.75, 3.05) is 31.7 Å². The highest BCUT2D eigenvalue weighted by molar-refractivity contribution is 6.38. The van der Waals surface area contributed by atoms with E-state index in [0.29, 0.717) is 79.3 Å². The van der Waals surface area contributed by atoms with Crippen molar-refractivity contribution in [2.24, 2.45) is 11.8 Å². The molecule has 14 nitrogen and oxygen atoms in total. The van der Waals surface area contributed by atoms with E-state index in [1.165, 1.54) is 71.6 Å². The molecule has 0 saturated carbocycles. The molecular weight excluding hydrogens is 1870 g/mol. The Balaban J connectivity index is 0.000000118. The van der Waals surface area contributed by atoms with E-state index in [0.717, 1.165) is 90.0 Å². The fourth-order valence-corrected chi connectivity index (χ4v) is 23.8. The Labute approximate surface area is 828 Å². The number of allylic oxidation sites excluding steroid dienone is 2. The third-order valence-corrected chi connectivity index (χ3v) is 30.7. The van der Waals surface area contributed by atoms with Crippen LogP contribution in [0, 0.1) is 64.2 Å². The number of aromatic nitrogens is 1. The number of carbonyl (C=O) groups excluding carboxylic acids is 5. The van der Waals surface area contributed by atoms with Gasteiger partial charge in [0.15, 0.2) is 69.4 Å². The first-order valence-corrected chi connectivity index (χ1v) is 48.1. The van der Waals surface area contributed by atoms with Crippen molar-refractivity contribution in [3.05, 3.63) is 512 Å². The molecule has 1 amide bonds. The van der Waals surface area contributed by atoms with E-state index >= 15 is 8.78 Å². The van der Waals surface area contributed by atoms with Gasteiger partial charge in [0.05, 0.1) is 39.2 Å². The number of amides is 1. The number of pyridine rings is 1. The largest absolute Gasteiger partial charge is 0.484 e. The first-order valence-electron chi connectivity index (χ1n) is 47.4. The van der Waals surface area contributed by atoms with Gasteiger partial charge in [0, 0.05) is 54.9 Å². The van der Waals surface area contributed by atoms with Gasteiger partial charge in [-0.2, -0.15) is 0 Å². The smallest absolute Gasteiger partial charge is 0.277 e. The van der Waals surface area contributed by atoms with Crippen molar-refractivity contribution in [1.82, 2.24) is 19.4 Å². The van der Waals surface area contributed by atoms with Crippen molar-refractivity contribution in [1.29, 1.82) is 0 Å². The van der Waals surface area contributed by atoms with Gasteiger partial charge in [0.1, 0.15) is 48.8 Å². The summed E-state index contributed by atoms with van der Waals surface area (Å²) < 4.78 is 149. The molecule has 8 atom stereocenters. The molecule has 0 bridgehead atoms. The number of piperidine rings is 2. The predicted octanol–water partition coefficient (Wildman–Crippen LogP) is 22.1. The number of carbonyl (C=O) groups is 5. The fourth-order valence-electron chi connectivity index (χ4n) is 22.8. The van der Waals surface area contributed by atoms with Crippen LogP contribution >= 0.6 is 23.2 Å². The highest BCUT2D eigenvalue weighted by Gasteiger charge is 2.64. The summed E-state index contributed by atoms with van der Waals surface area (Å²) in [6, 6.07) is 79.1. The molecule has 12 aromatic carbocycles. The SMILES string of the molecule is Fc1ccc2c(c1F)CC1(Cl)Cc3ccccc3C21Cl.O=C1C=CC2C(=C1OCc1ccccc1)C(=O)C(CCc1cccc(F)c1)CN2C12C(=Cc3c1ccc(F)c3F)Cc1ccccc12.O=C1C=CC2C(=C1OCc1ccccc1)C(=O)C(CCc1cccc(F)c1)CN2C12C(=Cc3ccccc31)Cc1c2ccc(F)c1F.O=C1c2c(OCc3ccccc3)c(=O)ccn2NCN1CCc1cccc(F)c1. The van der Waals surface area contributed by atoms with Gasteiger partial charge >= 0.3 is 0 Å². The zero-order valence-corrected chi connectivity index (χ0v) is 78.4. The number of hydrogen-bond acceptors (Lipinski definition) is 12. The summed E-state index contributed by atoms with van der Waals surface area (Å²) in [6.07, 6.45) is 15.4. The molecule has 718 valence electrons. The molecule has 25 heteroatoms. The zero-order chi connectivity index (χ0) is 98.9. The molecule has 1 N–H and O–H groups in total. The second-order valence-corrected chi connectivity index (χ2v) is 38.8. The number of aryl methyl sites for hydroxylation is 2. The number of alkyl halides is 2. The van der Waals surface area contributed by atoms with Crippen molar-refractivity contribution < 1.29 is 77.7 Å². The summed E-state index contributed by atoms with van der Waals surface area (Å²) >= 11 is 13.6. The van der Waals surface area contributed by atoms with Crippen LogP contribution in [-0.2, 0) is 109 Å². The number of nitrogens with zero attached hydrogens (tertiary/aromatic N) is 4. The number of ether oxygens (including phenoxy) is 3. The number of halogens is 11. The van der Waals surface area contributed by atoms with Gasteiger partial charge < -0.3 is 24.5 Å². The summed E-state index contributed by atoms with van der Waals surface area (Å²) in [5.41, 5.74) is 16.6. The Morgan fingerprint density at radius 3 is 1.43 bits per heavy atom. The van der Waals surface area contributed by atoms with E-state index in [9.17, 15) is 59.5 Å². The molecule has 1 aromatic heterocycles. The van der Waals surface area contributed by atoms with Crippen LogP contribution in [0.2, 0.25) is 0 Å². The Morgan fingerprint density at radius 2 is 0.867 bits per heavy atom. The maximum Gasteiger partial charge on any atom is 0.277 e. The van der Waals surface area contributed by atoms with Gasteiger partial charge in [-0.15, -0.1) is 23.2 Å². The number of nitrogens with one attached hydrogen (secondary N) is 1. The topological polar surface area (TPSA) is 157 Å². The number of Topliss-reactive ketones (excluding diaryl/α,β-unsaturated/α-hetero) is 2. The molecular formula is C118H90Cl2F9N5O9. The van der Waals surface area contributed by atoms with Gasteiger partial charge in [0.25, 0.3) is 5.91 Å². The maximum atomic E-state index is 15.5. The maximum absolute atomic E-state index is 15.5. The van der Waals surface area contributed by atoms with Crippen LogP contribution < -0.4 is 15.6 Å². The second-order valence-electron chi connectivity index (χ2n) is 37.5. The zero-order valence-electron chi connectivity index (χ0n) is 76.8. The number of fused-ring (bicyclic) bond motifs is 18. The Bertz CT molecular complexity index is 7480. The van der Waals surface area contributed by atoms with E-state index in [-0.39, 0.29) is 132 Å². The van der Waals surface area contributed by atoms with Gasteiger partial charge in [-0.05, 0) is 231 Å². The highest BCUT2D eigenvalue weighted by Crippen LogP contribution is 2.65. The minimum absolute atomic E-state index is 0.00327. The first-order chi connectivity index (χ1) is 69.3. The molecule has 13 aromatic rings. The Kier molecular flexibility index (Phi) is 25.5. The molecule has 24 rings (SSSR count). The first kappa shape index (κ1) is 94.5. The lowest BCUT2D eigenvalue weighted by atomic mass is 9.74. The van der Waals surface area contributed by atoms with Crippen molar-refractivity contribution in [3.8, 4) is 5.75 Å². The molecule has 143 heavy (non-hydrogen) atoms. The average Bonchev–Trinajstić information content (AvgIpc) is 1.53. The second kappa shape index (κ2) is 38.6. The van der Waals surface area contributed by atoms with Crippen LogP contribution in [0.5, 0.6) is 5.75 Å². The fraction of sp³-hybridized carbons (Fsp3) is 0.203. The summed E-state index contributed by atoms with van der Waals surface area (Å²) in [7, 11) is 0. The van der Waals surface area contributed by atoms with E-state index in [1.54, 1.807) is 59.5 Å². The molecule has 8 unspecified atom stereocenters. The van der Waals surface area contributed by atoms with E-state index in [4.69, 9.17) is 37.4 Å². The minimum Gasteiger partial charge on any atom is -0.484 e. The lowest BCUT2D eigenvalue weighted by molar-refractivity contribution is -0.126. The van der Waals surface area contributed by atoms with E-state index < -0.39 is 91.2 Å². The van der Waals surface area contributed by atoms with Crippen LogP contribution in [0.1, 0.15) is 123 Å². The molecule has 4 heterocycles.